The van der Waals surface area contributed by atoms with Gasteiger partial charge in [0.2, 0.25) is 0 Å². The van der Waals surface area contributed by atoms with Crippen LogP contribution in [0.2, 0.25) is 0 Å². The van der Waals surface area contributed by atoms with Crippen molar-refractivity contribution in [3.8, 4) is 0 Å². The number of ketones is 1. The molecule has 0 aliphatic heterocycles. The summed E-state index contributed by atoms with van der Waals surface area (Å²) in [4.78, 5) is 15.9. The van der Waals surface area contributed by atoms with Crippen LogP contribution < -0.4 is 0 Å². The Hall–Kier alpha value is -2.03. The van der Waals surface area contributed by atoms with Crippen molar-refractivity contribution in [1.29, 1.82) is 0 Å². The zero-order valence-electron chi connectivity index (χ0n) is 8.77. The normalized spacial score (nSPS) is 10.1. The number of benzene rings is 1. The van der Waals surface area contributed by atoms with E-state index in [1.54, 1.807) is 31.3 Å². The molecule has 2 aromatic rings. The topological polar surface area (TPSA) is 30.0 Å². The summed E-state index contributed by atoms with van der Waals surface area (Å²) in [6.07, 6.45) is 3.07. The second-order valence-corrected chi connectivity index (χ2v) is 3.53. The first-order chi connectivity index (χ1) is 7.68. The Morgan fingerprint density at radius 1 is 1.31 bits per heavy atom. The molecule has 80 valence electrons. The monoisotopic (exact) mass is 215 g/mol. The molecule has 0 unspecified atom stereocenters. The summed E-state index contributed by atoms with van der Waals surface area (Å²) in [5.41, 5.74) is 1.61. The van der Waals surface area contributed by atoms with Crippen molar-refractivity contribution in [3.63, 3.8) is 0 Å². The predicted molar refractivity (Wildman–Crippen MR) is 58.8 cm³/mol. The molecule has 16 heavy (non-hydrogen) atoms. The fraction of sp³-hybridized carbons (Fsp3) is 0.0769. The van der Waals surface area contributed by atoms with E-state index in [-0.39, 0.29) is 5.78 Å². The minimum absolute atomic E-state index is 0.204. The van der Waals surface area contributed by atoms with Gasteiger partial charge in [-0.2, -0.15) is 0 Å². The first-order valence-corrected chi connectivity index (χ1v) is 4.89. The van der Waals surface area contributed by atoms with Gasteiger partial charge in [0.05, 0.1) is 0 Å². The quantitative estimate of drug-likeness (QED) is 0.721. The summed E-state index contributed by atoms with van der Waals surface area (Å²) in [5, 5.41) is 0. The molecule has 2 rings (SSSR count). The average molecular weight is 215 g/mol. The molecule has 0 bridgehead atoms. The van der Waals surface area contributed by atoms with Crippen LogP contribution in [-0.2, 0) is 0 Å². The number of aryl methyl sites for hydroxylation is 1. The molecule has 0 amide bonds. The zero-order chi connectivity index (χ0) is 11.5. The molecule has 3 heteroatoms. The molecule has 0 saturated carbocycles. The van der Waals surface area contributed by atoms with Crippen molar-refractivity contribution in [1.82, 2.24) is 4.98 Å². The van der Waals surface area contributed by atoms with E-state index in [2.05, 4.69) is 4.98 Å². The molecular formula is C13H10FNO. The maximum Gasteiger partial charge on any atom is 0.194 e. The highest BCUT2D eigenvalue weighted by atomic mass is 19.1. The maximum absolute atomic E-state index is 13.1. The first kappa shape index (κ1) is 10.5. The summed E-state index contributed by atoms with van der Waals surface area (Å²) in [6.45, 7) is 1.78. The van der Waals surface area contributed by atoms with Gasteiger partial charge in [0.1, 0.15) is 5.82 Å². The summed E-state index contributed by atoms with van der Waals surface area (Å²) in [7, 11) is 0. The third-order valence-electron chi connectivity index (χ3n) is 2.37. The van der Waals surface area contributed by atoms with Crippen LogP contribution in [0.15, 0.2) is 42.7 Å². The standard InChI is InChI=1S/C13H10FNO/c1-9-4-5-11(14)7-12(9)13(16)10-3-2-6-15-8-10/h2-8H,1H3. The summed E-state index contributed by atoms with van der Waals surface area (Å²) in [6, 6.07) is 7.54. The molecule has 0 aliphatic rings. The van der Waals surface area contributed by atoms with Gasteiger partial charge in [0.25, 0.3) is 0 Å². The van der Waals surface area contributed by atoms with E-state index in [9.17, 15) is 9.18 Å². The highest BCUT2D eigenvalue weighted by Gasteiger charge is 2.12. The summed E-state index contributed by atoms with van der Waals surface area (Å²) >= 11 is 0. The van der Waals surface area contributed by atoms with Crippen LogP contribution in [0, 0.1) is 12.7 Å². The van der Waals surface area contributed by atoms with Crippen molar-refractivity contribution >= 4 is 5.78 Å². The lowest BCUT2D eigenvalue weighted by Gasteiger charge is -2.04. The lowest BCUT2D eigenvalue weighted by molar-refractivity contribution is 0.103. The third-order valence-corrected chi connectivity index (χ3v) is 2.37. The lowest BCUT2D eigenvalue weighted by atomic mass is 10.0. The molecule has 0 aliphatic carbocycles. The smallest absolute Gasteiger partial charge is 0.194 e. The highest BCUT2D eigenvalue weighted by molar-refractivity contribution is 6.09. The second-order valence-electron chi connectivity index (χ2n) is 3.53. The molecule has 2 nitrogen and oxygen atoms in total. The minimum atomic E-state index is -0.405. The Morgan fingerprint density at radius 2 is 2.12 bits per heavy atom. The minimum Gasteiger partial charge on any atom is -0.289 e. The maximum atomic E-state index is 13.1. The third kappa shape index (κ3) is 1.98. The van der Waals surface area contributed by atoms with Crippen LogP contribution in [0.3, 0.4) is 0 Å². The van der Waals surface area contributed by atoms with Crippen molar-refractivity contribution in [3.05, 3.63) is 65.2 Å². The van der Waals surface area contributed by atoms with Crippen LogP contribution in [0.25, 0.3) is 0 Å². The van der Waals surface area contributed by atoms with Crippen molar-refractivity contribution in [2.75, 3.05) is 0 Å². The molecule has 1 aromatic carbocycles. The molecule has 0 saturated heterocycles. The van der Waals surface area contributed by atoms with Crippen LogP contribution in [0.5, 0.6) is 0 Å². The first-order valence-electron chi connectivity index (χ1n) is 4.89. The Bertz CT molecular complexity index is 523. The Balaban J connectivity index is 2.46. The van der Waals surface area contributed by atoms with E-state index >= 15 is 0 Å². The molecule has 1 aromatic heterocycles. The number of halogens is 1. The predicted octanol–water partition coefficient (Wildman–Crippen LogP) is 2.76. The number of hydrogen-bond donors (Lipinski definition) is 0. The number of hydrogen-bond acceptors (Lipinski definition) is 2. The van der Waals surface area contributed by atoms with E-state index in [0.29, 0.717) is 11.1 Å². The SMILES string of the molecule is Cc1ccc(F)cc1C(=O)c1cccnc1. The van der Waals surface area contributed by atoms with E-state index < -0.39 is 5.82 Å². The van der Waals surface area contributed by atoms with Crippen LogP contribution in [0.4, 0.5) is 4.39 Å². The molecule has 0 radical (unpaired) electrons. The largest absolute Gasteiger partial charge is 0.289 e. The van der Waals surface area contributed by atoms with E-state index in [4.69, 9.17) is 0 Å². The van der Waals surface area contributed by atoms with Crippen LogP contribution in [0.1, 0.15) is 21.5 Å². The van der Waals surface area contributed by atoms with Gasteiger partial charge < -0.3 is 0 Å². The fourth-order valence-corrected chi connectivity index (χ4v) is 1.49. The van der Waals surface area contributed by atoms with E-state index in [1.165, 1.54) is 18.3 Å². The Morgan fingerprint density at radius 3 is 2.81 bits per heavy atom. The van der Waals surface area contributed by atoms with Crippen LogP contribution in [-0.4, -0.2) is 10.8 Å². The van der Waals surface area contributed by atoms with Gasteiger partial charge in [-0.3, -0.25) is 9.78 Å². The van der Waals surface area contributed by atoms with Crippen molar-refractivity contribution < 1.29 is 9.18 Å². The molecule has 0 N–H and O–H groups in total. The number of carbonyl (C=O) groups is 1. The highest BCUT2D eigenvalue weighted by Crippen LogP contribution is 2.14. The molecular weight excluding hydrogens is 205 g/mol. The van der Waals surface area contributed by atoms with E-state index in [1.807, 2.05) is 0 Å². The lowest BCUT2D eigenvalue weighted by Crippen LogP contribution is -2.04. The number of carbonyl (C=O) groups excluding carboxylic acids is 1. The zero-order valence-corrected chi connectivity index (χ0v) is 8.77. The molecule has 0 atom stereocenters. The average Bonchev–Trinajstić information content (AvgIpc) is 2.32. The van der Waals surface area contributed by atoms with Gasteiger partial charge in [0.15, 0.2) is 5.78 Å². The van der Waals surface area contributed by atoms with E-state index in [0.717, 1.165) is 5.56 Å². The fourth-order valence-electron chi connectivity index (χ4n) is 1.49. The summed E-state index contributed by atoms with van der Waals surface area (Å²) in [5.74, 6) is -0.608. The van der Waals surface area contributed by atoms with Gasteiger partial charge in [-0.05, 0) is 36.8 Å². The number of aromatic nitrogens is 1. The molecule has 0 spiro atoms. The number of nitrogens with zero attached hydrogens (tertiary/aromatic N) is 1. The Labute approximate surface area is 92.8 Å². The Kier molecular flexibility index (Phi) is 2.77. The van der Waals surface area contributed by atoms with Gasteiger partial charge in [-0.1, -0.05) is 6.07 Å². The number of rotatable bonds is 2. The van der Waals surface area contributed by atoms with Gasteiger partial charge in [0, 0.05) is 23.5 Å². The van der Waals surface area contributed by atoms with Crippen molar-refractivity contribution in [2.45, 2.75) is 6.92 Å². The molecule has 1 heterocycles. The number of pyridine rings is 1. The van der Waals surface area contributed by atoms with Gasteiger partial charge in [-0.25, -0.2) is 4.39 Å². The van der Waals surface area contributed by atoms with Gasteiger partial charge in [-0.15, -0.1) is 0 Å². The van der Waals surface area contributed by atoms with Crippen LogP contribution >= 0.6 is 0 Å². The van der Waals surface area contributed by atoms with Crippen molar-refractivity contribution in [2.24, 2.45) is 0 Å². The second kappa shape index (κ2) is 4.23. The summed E-state index contributed by atoms with van der Waals surface area (Å²) < 4.78 is 13.1. The molecule has 0 fully saturated rings. The van der Waals surface area contributed by atoms with Gasteiger partial charge >= 0.3 is 0 Å².